The van der Waals surface area contributed by atoms with Gasteiger partial charge in [-0.3, -0.25) is 14.3 Å². The van der Waals surface area contributed by atoms with Gasteiger partial charge >= 0.3 is 0 Å². The van der Waals surface area contributed by atoms with Crippen LogP contribution in [0.3, 0.4) is 0 Å². The van der Waals surface area contributed by atoms with Crippen LogP contribution in [0.25, 0.3) is 0 Å². The van der Waals surface area contributed by atoms with Crippen molar-refractivity contribution in [1.82, 2.24) is 24.7 Å². The Labute approximate surface area is 158 Å². The molecule has 2 bridgehead atoms. The monoisotopic (exact) mass is 371 g/mol. The molecule has 0 saturated carbocycles. The molecule has 144 valence electrons. The normalized spacial score (nSPS) is 22.4. The topological polar surface area (TPSA) is 84.5 Å². The molecule has 8 heteroatoms. The van der Waals surface area contributed by atoms with E-state index in [0.29, 0.717) is 31.9 Å². The van der Waals surface area contributed by atoms with Gasteiger partial charge in [-0.2, -0.15) is 5.10 Å². The second-order valence-corrected chi connectivity index (χ2v) is 7.44. The van der Waals surface area contributed by atoms with Gasteiger partial charge in [-0.1, -0.05) is 5.16 Å². The van der Waals surface area contributed by atoms with Crippen LogP contribution in [0.2, 0.25) is 0 Å². The summed E-state index contributed by atoms with van der Waals surface area (Å²) in [6.45, 7) is 7.90. The first kappa shape index (κ1) is 17.8. The Kier molecular flexibility index (Phi) is 4.49. The third-order valence-electron chi connectivity index (χ3n) is 5.83. The van der Waals surface area contributed by atoms with Crippen molar-refractivity contribution >= 4 is 11.8 Å². The van der Waals surface area contributed by atoms with Gasteiger partial charge in [0.25, 0.3) is 5.91 Å². The van der Waals surface area contributed by atoms with Crippen molar-refractivity contribution in [2.45, 2.75) is 52.7 Å². The smallest absolute Gasteiger partial charge is 0.272 e. The molecule has 3 fully saturated rings. The quantitative estimate of drug-likeness (QED) is 0.818. The highest BCUT2D eigenvalue weighted by Crippen LogP contribution is 2.32. The van der Waals surface area contributed by atoms with Crippen molar-refractivity contribution < 1.29 is 14.1 Å². The van der Waals surface area contributed by atoms with Crippen LogP contribution in [0.5, 0.6) is 0 Å². The average molecular weight is 371 g/mol. The molecule has 0 unspecified atom stereocenters. The van der Waals surface area contributed by atoms with Crippen LogP contribution in [-0.2, 0) is 17.9 Å². The first-order valence-corrected chi connectivity index (χ1v) is 9.53. The Hall–Kier alpha value is -2.64. The van der Waals surface area contributed by atoms with Crippen molar-refractivity contribution in [2.24, 2.45) is 5.92 Å². The number of fused-ring (bicyclic) bond motifs is 4. The standard InChI is InChI=1S/C19H25N5O3/c1-4-24-17(7-8-20-24)19(26)22-9-14-5-6-15(10-22)23(18(14)25)11-16-12(2)21-27-13(16)3/h7-8,14-15H,4-6,9-11H2,1-3H3/t14-,15+/m1/s1. The fourth-order valence-corrected chi connectivity index (χ4v) is 4.24. The van der Waals surface area contributed by atoms with Crippen LogP contribution in [0.15, 0.2) is 16.8 Å². The number of aryl methyl sites for hydroxylation is 3. The number of hydrogen-bond donors (Lipinski definition) is 0. The van der Waals surface area contributed by atoms with E-state index in [9.17, 15) is 9.59 Å². The summed E-state index contributed by atoms with van der Waals surface area (Å²) in [5.41, 5.74) is 2.38. The van der Waals surface area contributed by atoms with Gasteiger partial charge in [0, 0.05) is 37.4 Å². The van der Waals surface area contributed by atoms with Gasteiger partial charge in [-0.25, -0.2) is 0 Å². The minimum absolute atomic E-state index is 0.0203. The number of carbonyl (C=O) groups excluding carboxylic acids is 2. The number of hydrogen-bond acceptors (Lipinski definition) is 5. The lowest BCUT2D eigenvalue weighted by Crippen LogP contribution is -2.47. The SMILES string of the molecule is CCn1nccc1C(=O)N1C[C@H]2CC[C@@H](C1)N(Cc1c(C)noc1C)C2=O. The average Bonchev–Trinajstić information content (AvgIpc) is 3.15. The molecule has 2 aromatic rings. The highest BCUT2D eigenvalue weighted by molar-refractivity contribution is 5.93. The Morgan fingerprint density at radius 2 is 2.11 bits per heavy atom. The molecular weight excluding hydrogens is 346 g/mol. The van der Waals surface area contributed by atoms with E-state index in [0.717, 1.165) is 29.9 Å². The molecule has 5 heterocycles. The highest BCUT2D eigenvalue weighted by atomic mass is 16.5. The van der Waals surface area contributed by atoms with E-state index in [1.807, 2.05) is 30.6 Å². The zero-order valence-corrected chi connectivity index (χ0v) is 16.0. The van der Waals surface area contributed by atoms with E-state index in [2.05, 4.69) is 10.3 Å². The number of nitrogens with zero attached hydrogens (tertiary/aromatic N) is 5. The fraction of sp³-hybridized carbons (Fsp3) is 0.579. The zero-order valence-electron chi connectivity index (χ0n) is 16.0. The van der Waals surface area contributed by atoms with E-state index < -0.39 is 0 Å². The highest BCUT2D eigenvalue weighted by Gasteiger charge is 2.42. The molecular formula is C19H25N5O3. The Morgan fingerprint density at radius 1 is 1.30 bits per heavy atom. The summed E-state index contributed by atoms with van der Waals surface area (Å²) in [7, 11) is 0. The van der Waals surface area contributed by atoms with E-state index in [4.69, 9.17) is 4.52 Å². The summed E-state index contributed by atoms with van der Waals surface area (Å²) in [6, 6.07) is 1.77. The summed E-state index contributed by atoms with van der Waals surface area (Å²) < 4.78 is 6.96. The maximum Gasteiger partial charge on any atom is 0.272 e. The molecule has 0 N–H and O–H groups in total. The van der Waals surface area contributed by atoms with E-state index in [-0.39, 0.29) is 23.8 Å². The van der Waals surface area contributed by atoms with Gasteiger partial charge in [0.1, 0.15) is 11.5 Å². The third-order valence-corrected chi connectivity index (χ3v) is 5.83. The molecule has 2 amide bonds. The fourth-order valence-electron chi connectivity index (χ4n) is 4.24. The van der Waals surface area contributed by atoms with Crippen molar-refractivity contribution in [3.63, 3.8) is 0 Å². The van der Waals surface area contributed by atoms with Crippen molar-refractivity contribution in [2.75, 3.05) is 13.1 Å². The van der Waals surface area contributed by atoms with E-state index in [1.165, 1.54) is 0 Å². The molecule has 0 aliphatic carbocycles. The Bertz CT molecular complexity index is 851. The van der Waals surface area contributed by atoms with Gasteiger partial charge in [0.15, 0.2) is 0 Å². The number of aromatic nitrogens is 3. The Morgan fingerprint density at radius 3 is 2.81 bits per heavy atom. The summed E-state index contributed by atoms with van der Waals surface area (Å²) in [5.74, 6) is 0.690. The number of piperidine rings is 1. The molecule has 3 aliphatic rings. The van der Waals surface area contributed by atoms with E-state index >= 15 is 0 Å². The molecule has 2 aromatic heterocycles. The second kappa shape index (κ2) is 6.83. The lowest BCUT2D eigenvalue weighted by Gasteiger charge is -2.35. The van der Waals surface area contributed by atoms with Crippen molar-refractivity contribution in [3.8, 4) is 0 Å². The largest absolute Gasteiger partial charge is 0.361 e. The molecule has 0 spiro atoms. The van der Waals surface area contributed by atoms with Crippen LogP contribution < -0.4 is 0 Å². The Balaban J connectivity index is 1.58. The summed E-state index contributed by atoms with van der Waals surface area (Å²) in [6.07, 6.45) is 3.40. The lowest BCUT2D eigenvalue weighted by molar-refractivity contribution is -0.140. The molecule has 5 rings (SSSR count). The maximum absolute atomic E-state index is 13.1. The van der Waals surface area contributed by atoms with Gasteiger partial charge < -0.3 is 14.3 Å². The molecule has 2 atom stereocenters. The van der Waals surface area contributed by atoms with Crippen LogP contribution in [0, 0.1) is 19.8 Å². The van der Waals surface area contributed by atoms with Gasteiger partial charge in [-0.15, -0.1) is 0 Å². The summed E-state index contributed by atoms with van der Waals surface area (Å²) >= 11 is 0. The maximum atomic E-state index is 13.1. The number of carbonyl (C=O) groups is 2. The minimum atomic E-state index is -0.147. The molecule has 0 radical (unpaired) electrons. The molecule has 8 nitrogen and oxygen atoms in total. The van der Waals surface area contributed by atoms with Crippen LogP contribution in [-0.4, -0.2) is 55.7 Å². The van der Waals surface area contributed by atoms with Crippen molar-refractivity contribution in [1.29, 1.82) is 0 Å². The van der Waals surface area contributed by atoms with Crippen molar-refractivity contribution in [3.05, 3.63) is 35.0 Å². The predicted molar refractivity (Wildman–Crippen MR) is 96.8 cm³/mol. The number of amides is 2. The first-order valence-electron chi connectivity index (χ1n) is 9.53. The lowest BCUT2D eigenvalue weighted by atomic mass is 9.93. The van der Waals surface area contributed by atoms with E-state index in [1.54, 1.807) is 16.9 Å². The zero-order chi connectivity index (χ0) is 19.1. The molecule has 27 heavy (non-hydrogen) atoms. The second-order valence-electron chi connectivity index (χ2n) is 7.44. The third kappa shape index (κ3) is 3.02. The summed E-state index contributed by atoms with van der Waals surface area (Å²) in [5, 5.41) is 8.20. The minimum Gasteiger partial charge on any atom is -0.361 e. The molecule has 3 aliphatic heterocycles. The van der Waals surface area contributed by atoms with Gasteiger partial charge in [0.2, 0.25) is 5.91 Å². The van der Waals surface area contributed by atoms with Crippen LogP contribution in [0.4, 0.5) is 0 Å². The molecule has 0 aromatic carbocycles. The van der Waals surface area contributed by atoms with Gasteiger partial charge in [-0.05, 0) is 39.7 Å². The summed E-state index contributed by atoms with van der Waals surface area (Å²) in [4.78, 5) is 29.9. The predicted octanol–water partition coefficient (Wildman–Crippen LogP) is 1.77. The van der Waals surface area contributed by atoms with Crippen LogP contribution >= 0.6 is 0 Å². The number of rotatable bonds is 4. The van der Waals surface area contributed by atoms with Crippen LogP contribution in [0.1, 0.15) is 47.3 Å². The molecule has 3 saturated heterocycles. The first-order chi connectivity index (χ1) is 13.0. The van der Waals surface area contributed by atoms with Gasteiger partial charge in [0.05, 0.1) is 18.2 Å².